The fourth-order valence-corrected chi connectivity index (χ4v) is 3.23. The summed E-state index contributed by atoms with van der Waals surface area (Å²) in [6.07, 6.45) is 10.3. The van der Waals surface area contributed by atoms with E-state index >= 15 is 0 Å². The van der Waals surface area contributed by atoms with Crippen molar-refractivity contribution >= 4 is 11.6 Å². The fourth-order valence-electron chi connectivity index (χ4n) is 3.23. The Bertz CT molecular complexity index is 765. The van der Waals surface area contributed by atoms with Crippen molar-refractivity contribution in [3.05, 3.63) is 71.1 Å². The van der Waals surface area contributed by atoms with E-state index in [4.69, 9.17) is 0 Å². The zero-order chi connectivity index (χ0) is 18.2. The predicted octanol–water partition coefficient (Wildman–Crippen LogP) is 4.62. The lowest BCUT2D eigenvalue weighted by Gasteiger charge is -2.13. The van der Waals surface area contributed by atoms with Crippen LogP contribution in [0.4, 0.5) is 5.69 Å². The maximum absolute atomic E-state index is 12.2. The molecule has 2 N–H and O–H groups in total. The quantitative estimate of drug-likeness (QED) is 0.717. The molecule has 4 nitrogen and oxygen atoms in total. The van der Waals surface area contributed by atoms with Crippen LogP contribution in [-0.2, 0) is 6.54 Å². The summed E-state index contributed by atoms with van der Waals surface area (Å²) in [5.74, 6) is -0.148. The van der Waals surface area contributed by atoms with Crippen LogP contribution in [-0.4, -0.2) is 17.4 Å². The number of carbonyl (C=O) groups excluding carboxylic acids is 1. The molecule has 0 radical (unpaired) electrons. The van der Waals surface area contributed by atoms with Gasteiger partial charge in [-0.25, -0.2) is 4.98 Å². The lowest BCUT2D eigenvalue weighted by atomic mass is 9.97. The summed E-state index contributed by atoms with van der Waals surface area (Å²) in [4.78, 5) is 16.5. The van der Waals surface area contributed by atoms with E-state index in [1.165, 1.54) is 31.2 Å². The summed E-state index contributed by atoms with van der Waals surface area (Å²) in [5, 5.41) is 6.31. The molecule has 0 atom stereocenters. The van der Waals surface area contributed by atoms with Gasteiger partial charge >= 0.3 is 0 Å². The first-order chi connectivity index (χ1) is 12.7. The molecule has 1 heterocycles. The SMILES string of the molecule is Cc1cccc(CNC(=O)c2ccc(NCCC3=CCCCC3)cn2)c1. The van der Waals surface area contributed by atoms with E-state index in [1.54, 1.807) is 17.8 Å². The molecule has 2 aromatic rings. The molecule has 1 aromatic heterocycles. The Morgan fingerprint density at radius 2 is 2.12 bits per heavy atom. The number of nitrogens with one attached hydrogen (secondary N) is 2. The first kappa shape index (κ1) is 18.2. The van der Waals surface area contributed by atoms with Gasteiger partial charge in [0.05, 0.1) is 11.9 Å². The van der Waals surface area contributed by atoms with Crippen LogP contribution in [0, 0.1) is 6.92 Å². The number of rotatable bonds is 7. The summed E-state index contributed by atoms with van der Waals surface area (Å²) in [6, 6.07) is 11.8. The molecule has 0 aliphatic heterocycles. The number of anilines is 1. The second-order valence-corrected chi connectivity index (χ2v) is 6.89. The Hall–Kier alpha value is -2.62. The highest BCUT2D eigenvalue weighted by molar-refractivity contribution is 5.92. The minimum atomic E-state index is -0.148. The lowest BCUT2D eigenvalue weighted by Crippen LogP contribution is -2.23. The molecule has 4 heteroatoms. The van der Waals surface area contributed by atoms with Crippen LogP contribution in [0.15, 0.2) is 54.2 Å². The maximum Gasteiger partial charge on any atom is 0.270 e. The van der Waals surface area contributed by atoms with Crippen LogP contribution in [0.2, 0.25) is 0 Å². The van der Waals surface area contributed by atoms with Gasteiger partial charge in [-0.3, -0.25) is 4.79 Å². The first-order valence-corrected chi connectivity index (χ1v) is 9.42. The van der Waals surface area contributed by atoms with Gasteiger partial charge in [0.25, 0.3) is 5.91 Å². The molecule has 0 spiro atoms. The zero-order valence-corrected chi connectivity index (χ0v) is 15.4. The third-order valence-electron chi connectivity index (χ3n) is 4.69. The molecule has 1 aliphatic rings. The number of hydrogen-bond acceptors (Lipinski definition) is 3. The van der Waals surface area contributed by atoms with E-state index in [0.717, 1.165) is 24.2 Å². The molecule has 0 bridgehead atoms. The number of allylic oxidation sites excluding steroid dienone is 1. The monoisotopic (exact) mass is 349 g/mol. The first-order valence-electron chi connectivity index (χ1n) is 9.42. The molecule has 0 fully saturated rings. The van der Waals surface area contributed by atoms with Crippen molar-refractivity contribution in [1.82, 2.24) is 10.3 Å². The van der Waals surface area contributed by atoms with Crippen molar-refractivity contribution in [3.63, 3.8) is 0 Å². The topological polar surface area (TPSA) is 54.0 Å². The third kappa shape index (κ3) is 5.45. The number of amides is 1. The van der Waals surface area contributed by atoms with Gasteiger partial charge < -0.3 is 10.6 Å². The van der Waals surface area contributed by atoms with Crippen molar-refractivity contribution in [2.45, 2.75) is 45.6 Å². The van der Waals surface area contributed by atoms with E-state index in [9.17, 15) is 4.79 Å². The van der Waals surface area contributed by atoms with Gasteiger partial charge in [0.1, 0.15) is 5.69 Å². The number of benzene rings is 1. The van der Waals surface area contributed by atoms with E-state index < -0.39 is 0 Å². The number of carbonyl (C=O) groups is 1. The molecule has 0 saturated carbocycles. The number of hydrogen-bond donors (Lipinski definition) is 2. The summed E-state index contributed by atoms with van der Waals surface area (Å²) in [5.41, 5.74) is 5.24. The van der Waals surface area contributed by atoms with Crippen LogP contribution < -0.4 is 10.6 Å². The van der Waals surface area contributed by atoms with Gasteiger partial charge in [0.2, 0.25) is 0 Å². The standard InChI is InChI=1S/C22H27N3O/c1-17-6-5-9-19(14-17)15-25-22(26)21-11-10-20(16-24-21)23-13-12-18-7-3-2-4-8-18/h5-7,9-11,14,16,23H,2-4,8,12-13,15H2,1H3,(H,25,26). The molecule has 1 aliphatic carbocycles. The van der Waals surface area contributed by atoms with Crippen LogP contribution >= 0.6 is 0 Å². The highest BCUT2D eigenvalue weighted by atomic mass is 16.1. The lowest BCUT2D eigenvalue weighted by molar-refractivity contribution is 0.0946. The van der Waals surface area contributed by atoms with E-state index in [1.807, 2.05) is 31.2 Å². The van der Waals surface area contributed by atoms with Crippen LogP contribution in [0.3, 0.4) is 0 Å². The van der Waals surface area contributed by atoms with Crippen molar-refractivity contribution in [2.75, 3.05) is 11.9 Å². The molecule has 3 rings (SSSR count). The Kier molecular flexibility index (Phi) is 6.42. The summed E-state index contributed by atoms with van der Waals surface area (Å²) in [7, 11) is 0. The predicted molar refractivity (Wildman–Crippen MR) is 106 cm³/mol. The van der Waals surface area contributed by atoms with Gasteiger partial charge in [0.15, 0.2) is 0 Å². The van der Waals surface area contributed by atoms with Gasteiger partial charge in [-0.1, -0.05) is 41.5 Å². The molecule has 136 valence electrons. The second-order valence-electron chi connectivity index (χ2n) is 6.89. The highest BCUT2D eigenvalue weighted by Crippen LogP contribution is 2.20. The molecular weight excluding hydrogens is 322 g/mol. The fraction of sp³-hybridized carbons (Fsp3) is 0.364. The molecule has 1 aromatic carbocycles. The minimum absolute atomic E-state index is 0.148. The van der Waals surface area contributed by atoms with Crippen LogP contribution in [0.25, 0.3) is 0 Å². The average molecular weight is 349 g/mol. The summed E-state index contributed by atoms with van der Waals surface area (Å²) in [6.45, 7) is 3.47. The Labute approximate surface area is 155 Å². The van der Waals surface area contributed by atoms with E-state index in [-0.39, 0.29) is 5.91 Å². The molecule has 0 unspecified atom stereocenters. The van der Waals surface area contributed by atoms with Crippen molar-refractivity contribution in [1.29, 1.82) is 0 Å². The van der Waals surface area contributed by atoms with Crippen molar-refractivity contribution in [3.8, 4) is 0 Å². The van der Waals surface area contributed by atoms with Gasteiger partial charge in [0, 0.05) is 13.1 Å². The maximum atomic E-state index is 12.2. The normalized spacial score (nSPS) is 13.8. The summed E-state index contributed by atoms with van der Waals surface area (Å²) < 4.78 is 0. The second kappa shape index (κ2) is 9.18. The largest absolute Gasteiger partial charge is 0.383 e. The third-order valence-corrected chi connectivity index (χ3v) is 4.69. The number of nitrogens with zero attached hydrogens (tertiary/aromatic N) is 1. The van der Waals surface area contributed by atoms with E-state index in [0.29, 0.717) is 12.2 Å². The number of pyridine rings is 1. The highest BCUT2D eigenvalue weighted by Gasteiger charge is 2.07. The van der Waals surface area contributed by atoms with Crippen molar-refractivity contribution in [2.24, 2.45) is 0 Å². The van der Waals surface area contributed by atoms with Crippen LogP contribution in [0.5, 0.6) is 0 Å². The van der Waals surface area contributed by atoms with Crippen LogP contribution in [0.1, 0.15) is 53.7 Å². The Balaban J connectivity index is 1.45. The van der Waals surface area contributed by atoms with Gasteiger partial charge in [-0.2, -0.15) is 0 Å². The zero-order valence-electron chi connectivity index (χ0n) is 15.4. The molecule has 1 amide bonds. The number of aromatic nitrogens is 1. The van der Waals surface area contributed by atoms with Crippen molar-refractivity contribution < 1.29 is 4.79 Å². The molecular formula is C22H27N3O. The Morgan fingerprint density at radius 1 is 1.19 bits per heavy atom. The Morgan fingerprint density at radius 3 is 2.85 bits per heavy atom. The number of aryl methyl sites for hydroxylation is 1. The summed E-state index contributed by atoms with van der Waals surface area (Å²) >= 11 is 0. The van der Waals surface area contributed by atoms with Gasteiger partial charge in [-0.15, -0.1) is 0 Å². The molecule has 26 heavy (non-hydrogen) atoms. The average Bonchev–Trinajstić information content (AvgIpc) is 2.68. The van der Waals surface area contributed by atoms with E-state index in [2.05, 4.69) is 27.8 Å². The molecule has 0 saturated heterocycles. The minimum Gasteiger partial charge on any atom is -0.383 e. The van der Waals surface area contributed by atoms with Gasteiger partial charge in [-0.05, 0) is 56.7 Å². The smallest absolute Gasteiger partial charge is 0.270 e.